The first-order valence-electron chi connectivity index (χ1n) is 5.27. The molecule has 90 valence electrons. The van der Waals surface area contributed by atoms with Crippen molar-refractivity contribution in [3.05, 3.63) is 12.7 Å². The van der Waals surface area contributed by atoms with Gasteiger partial charge in [-0.25, -0.2) is 8.42 Å². The Balaban J connectivity index is 4.02. The fourth-order valence-corrected chi connectivity index (χ4v) is 2.08. The van der Waals surface area contributed by atoms with Crippen LogP contribution in [0.2, 0.25) is 0 Å². The van der Waals surface area contributed by atoms with Crippen LogP contribution in [0, 0.1) is 0 Å². The van der Waals surface area contributed by atoms with Crippen molar-refractivity contribution in [1.82, 2.24) is 5.32 Å². The monoisotopic (exact) mass is 233 g/mol. The Labute approximate surface area is 93.9 Å². The summed E-state index contributed by atoms with van der Waals surface area (Å²) in [7, 11) is -3.00. The van der Waals surface area contributed by atoms with E-state index in [1.54, 1.807) is 20.8 Å². The van der Waals surface area contributed by atoms with Crippen molar-refractivity contribution in [1.29, 1.82) is 0 Å². The van der Waals surface area contributed by atoms with E-state index in [1.165, 1.54) is 0 Å². The third-order valence-corrected chi connectivity index (χ3v) is 4.92. The van der Waals surface area contributed by atoms with Crippen molar-refractivity contribution < 1.29 is 8.42 Å². The Morgan fingerprint density at radius 1 is 1.40 bits per heavy atom. The van der Waals surface area contributed by atoms with E-state index in [-0.39, 0.29) is 11.8 Å². The lowest BCUT2D eigenvalue weighted by molar-refractivity contribution is 0.541. The molecule has 0 bridgehead atoms. The second kappa shape index (κ2) is 5.66. The van der Waals surface area contributed by atoms with Crippen LogP contribution in [0.5, 0.6) is 0 Å². The summed E-state index contributed by atoms with van der Waals surface area (Å²) in [6.07, 6.45) is 2.69. The summed E-state index contributed by atoms with van der Waals surface area (Å²) in [5.41, 5.74) is 0. The molecule has 0 fully saturated rings. The Morgan fingerprint density at radius 2 is 1.93 bits per heavy atom. The van der Waals surface area contributed by atoms with E-state index in [0.29, 0.717) is 6.54 Å². The molecule has 0 saturated carbocycles. The maximum absolute atomic E-state index is 11.7. The van der Waals surface area contributed by atoms with Crippen LogP contribution in [0.4, 0.5) is 0 Å². The third kappa shape index (κ3) is 5.33. The number of nitrogens with one attached hydrogen (secondary N) is 1. The van der Waals surface area contributed by atoms with Crippen molar-refractivity contribution >= 4 is 9.84 Å². The molecule has 0 aliphatic rings. The summed E-state index contributed by atoms with van der Waals surface area (Å²) < 4.78 is 22.8. The summed E-state index contributed by atoms with van der Waals surface area (Å²) >= 11 is 0. The summed E-state index contributed by atoms with van der Waals surface area (Å²) in [4.78, 5) is 0. The van der Waals surface area contributed by atoms with Crippen LogP contribution >= 0.6 is 0 Å². The average Bonchev–Trinajstić information content (AvgIpc) is 2.01. The first-order valence-corrected chi connectivity index (χ1v) is 6.92. The van der Waals surface area contributed by atoms with E-state index < -0.39 is 14.6 Å². The lowest BCUT2D eigenvalue weighted by Gasteiger charge is -2.20. The molecule has 0 saturated heterocycles. The maximum atomic E-state index is 11.7. The molecule has 0 aromatic carbocycles. The van der Waals surface area contributed by atoms with Gasteiger partial charge in [-0.1, -0.05) is 6.08 Å². The highest BCUT2D eigenvalue weighted by atomic mass is 32.2. The molecule has 0 amide bonds. The molecule has 0 rings (SSSR count). The zero-order valence-corrected chi connectivity index (χ0v) is 11.0. The van der Waals surface area contributed by atoms with Gasteiger partial charge in [0, 0.05) is 12.6 Å². The van der Waals surface area contributed by atoms with Gasteiger partial charge >= 0.3 is 0 Å². The van der Waals surface area contributed by atoms with E-state index in [0.717, 1.165) is 6.42 Å². The minimum atomic E-state index is -3.00. The number of rotatable bonds is 6. The molecule has 1 N–H and O–H groups in total. The van der Waals surface area contributed by atoms with Crippen LogP contribution in [0.1, 0.15) is 34.1 Å². The van der Waals surface area contributed by atoms with Crippen LogP contribution in [-0.2, 0) is 9.84 Å². The van der Waals surface area contributed by atoms with Gasteiger partial charge in [0.05, 0.1) is 10.5 Å². The minimum absolute atomic E-state index is 0.192. The topological polar surface area (TPSA) is 46.2 Å². The van der Waals surface area contributed by atoms with Gasteiger partial charge < -0.3 is 5.32 Å². The summed E-state index contributed by atoms with van der Waals surface area (Å²) in [5, 5.41) is 3.16. The standard InChI is InChI=1S/C11H23NO2S/c1-6-7-10(2)12-8-9-15(13,14)11(3,4)5/h6,10,12H,1,7-9H2,2-5H3. The summed E-state index contributed by atoms with van der Waals surface area (Å²) in [6, 6.07) is 0.290. The minimum Gasteiger partial charge on any atom is -0.313 e. The molecule has 15 heavy (non-hydrogen) atoms. The molecule has 0 aromatic heterocycles. The van der Waals surface area contributed by atoms with E-state index >= 15 is 0 Å². The highest BCUT2D eigenvalue weighted by Crippen LogP contribution is 2.15. The fraction of sp³-hybridized carbons (Fsp3) is 0.818. The highest BCUT2D eigenvalue weighted by molar-refractivity contribution is 7.92. The van der Waals surface area contributed by atoms with Crippen LogP contribution in [0.25, 0.3) is 0 Å². The average molecular weight is 233 g/mol. The molecule has 0 aromatic rings. The molecule has 3 nitrogen and oxygen atoms in total. The smallest absolute Gasteiger partial charge is 0.156 e. The summed E-state index contributed by atoms with van der Waals surface area (Å²) in [6.45, 7) is 11.4. The molecular formula is C11H23NO2S. The van der Waals surface area contributed by atoms with Gasteiger partial charge in [0.15, 0.2) is 9.84 Å². The van der Waals surface area contributed by atoms with Crippen molar-refractivity contribution in [3.63, 3.8) is 0 Å². The van der Waals surface area contributed by atoms with Crippen molar-refractivity contribution in [3.8, 4) is 0 Å². The molecule has 4 heteroatoms. The molecule has 1 unspecified atom stereocenters. The molecule has 1 atom stereocenters. The Bertz CT molecular complexity index is 288. The van der Waals surface area contributed by atoms with Crippen LogP contribution < -0.4 is 5.32 Å². The van der Waals surface area contributed by atoms with E-state index in [4.69, 9.17) is 0 Å². The van der Waals surface area contributed by atoms with Crippen LogP contribution in [-0.4, -0.2) is 31.5 Å². The van der Waals surface area contributed by atoms with Gasteiger partial charge in [-0.15, -0.1) is 6.58 Å². The Kier molecular flexibility index (Phi) is 5.53. The molecule has 0 aliphatic carbocycles. The predicted molar refractivity (Wildman–Crippen MR) is 65.8 cm³/mol. The molecule has 0 spiro atoms. The lowest BCUT2D eigenvalue weighted by Crippen LogP contribution is -2.37. The van der Waals surface area contributed by atoms with Gasteiger partial charge in [0.25, 0.3) is 0 Å². The second-order valence-corrected chi connectivity index (χ2v) is 7.67. The predicted octanol–water partition coefficient (Wildman–Crippen LogP) is 1.75. The fourth-order valence-electron chi connectivity index (χ4n) is 1.08. The van der Waals surface area contributed by atoms with Crippen molar-refractivity contribution in [2.24, 2.45) is 0 Å². The number of sulfone groups is 1. The van der Waals surface area contributed by atoms with E-state index in [2.05, 4.69) is 11.9 Å². The third-order valence-electron chi connectivity index (χ3n) is 2.32. The van der Waals surface area contributed by atoms with Crippen molar-refractivity contribution in [2.45, 2.75) is 44.9 Å². The quantitative estimate of drug-likeness (QED) is 0.711. The largest absolute Gasteiger partial charge is 0.313 e. The normalized spacial score (nSPS) is 14.9. The maximum Gasteiger partial charge on any atom is 0.156 e. The summed E-state index contributed by atoms with van der Waals surface area (Å²) in [5.74, 6) is 0.192. The van der Waals surface area contributed by atoms with Gasteiger partial charge in [0.2, 0.25) is 0 Å². The van der Waals surface area contributed by atoms with E-state index in [9.17, 15) is 8.42 Å². The highest BCUT2D eigenvalue weighted by Gasteiger charge is 2.28. The van der Waals surface area contributed by atoms with Gasteiger partial charge in [0.1, 0.15) is 0 Å². The Hall–Kier alpha value is -0.350. The SMILES string of the molecule is C=CCC(C)NCCS(=O)(=O)C(C)(C)C. The molecule has 0 aliphatic heterocycles. The Morgan fingerprint density at radius 3 is 2.33 bits per heavy atom. The number of hydrogen-bond acceptors (Lipinski definition) is 3. The first-order chi connectivity index (χ1) is 6.70. The first kappa shape index (κ1) is 14.6. The van der Waals surface area contributed by atoms with E-state index in [1.807, 2.05) is 13.0 Å². The van der Waals surface area contributed by atoms with Gasteiger partial charge in [-0.3, -0.25) is 0 Å². The second-order valence-electron chi connectivity index (χ2n) is 4.81. The van der Waals surface area contributed by atoms with Gasteiger partial charge in [-0.05, 0) is 34.1 Å². The zero-order chi connectivity index (χ0) is 12.1. The van der Waals surface area contributed by atoms with Crippen molar-refractivity contribution in [2.75, 3.05) is 12.3 Å². The molecular weight excluding hydrogens is 210 g/mol. The molecule has 0 heterocycles. The zero-order valence-electron chi connectivity index (χ0n) is 10.2. The molecule has 0 radical (unpaired) electrons. The number of hydrogen-bond donors (Lipinski definition) is 1. The van der Waals surface area contributed by atoms with Crippen LogP contribution in [0.15, 0.2) is 12.7 Å². The lowest BCUT2D eigenvalue weighted by atomic mass is 10.2. The van der Waals surface area contributed by atoms with Gasteiger partial charge in [-0.2, -0.15) is 0 Å². The van der Waals surface area contributed by atoms with Crippen LogP contribution in [0.3, 0.4) is 0 Å².